The molecule has 0 radical (unpaired) electrons. The van der Waals surface area contributed by atoms with Gasteiger partial charge in [0.1, 0.15) is 18.2 Å². The maximum absolute atomic E-state index is 14.5. The Kier molecular flexibility index (Phi) is 6.90. The van der Waals surface area contributed by atoms with E-state index in [1.165, 1.54) is 12.5 Å². The normalized spacial score (nSPS) is 25.1. The Hall–Kier alpha value is -2.80. The predicted molar refractivity (Wildman–Crippen MR) is 125 cm³/mol. The second-order valence-corrected chi connectivity index (χ2v) is 9.33. The van der Waals surface area contributed by atoms with E-state index in [9.17, 15) is 4.39 Å². The molecule has 1 aromatic carbocycles. The lowest BCUT2D eigenvalue weighted by molar-refractivity contribution is 0.0234. The number of piperazine rings is 1. The quantitative estimate of drug-likeness (QED) is 0.695. The standard InChI is InChI=1S/C25H31FN6O2/c1-31-11-4-5-18(31)15-34-25-29-22-13-23(19-6-2-3-7-21(19)26)33-16-20(22)24(30-25)32-12-10-28-17(14-32)8-9-27/h2-3,6-7,17-18,23,28H,4-5,8,10-16H2,1H3/t17-,18-,23?/m0/s1. The lowest BCUT2D eigenvalue weighted by atomic mass is 9.98. The van der Waals surface area contributed by atoms with Crippen LogP contribution in [-0.4, -0.2) is 66.8 Å². The molecule has 3 atom stereocenters. The average molecular weight is 467 g/mol. The average Bonchev–Trinajstić information content (AvgIpc) is 3.27. The van der Waals surface area contributed by atoms with Crippen LogP contribution in [-0.2, 0) is 17.8 Å². The Balaban J connectivity index is 1.43. The largest absolute Gasteiger partial charge is 0.462 e. The van der Waals surface area contributed by atoms with E-state index < -0.39 is 6.10 Å². The molecular formula is C25H31FN6O2. The third-order valence-corrected chi connectivity index (χ3v) is 7.08. The van der Waals surface area contributed by atoms with Crippen molar-refractivity contribution in [2.24, 2.45) is 0 Å². The molecule has 3 aliphatic rings. The number of nitrogens with one attached hydrogen (secondary N) is 1. The second-order valence-electron chi connectivity index (χ2n) is 9.33. The number of halogens is 1. The summed E-state index contributed by atoms with van der Waals surface area (Å²) in [7, 11) is 2.12. The number of rotatable bonds is 6. The van der Waals surface area contributed by atoms with Gasteiger partial charge in [-0.15, -0.1) is 0 Å². The highest BCUT2D eigenvalue weighted by Gasteiger charge is 2.31. The van der Waals surface area contributed by atoms with E-state index in [1.54, 1.807) is 12.1 Å². The van der Waals surface area contributed by atoms with Crippen molar-refractivity contribution >= 4 is 5.82 Å². The van der Waals surface area contributed by atoms with Crippen molar-refractivity contribution in [3.05, 3.63) is 46.9 Å². The number of hydrogen-bond acceptors (Lipinski definition) is 8. The Morgan fingerprint density at radius 3 is 2.97 bits per heavy atom. The number of benzene rings is 1. The Bertz CT molecular complexity index is 1060. The highest BCUT2D eigenvalue weighted by molar-refractivity contribution is 5.51. The van der Waals surface area contributed by atoms with Crippen LogP contribution in [0, 0.1) is 17.1 Å². The molecule has 0 amide bonds. The third-order valence-electron chi connectivity index (χ3n) is 7.08. The highest BCUT2D eigenvalue weighted by atomic mass is 19.1. The van der Waals surface area contributed by atoms with Gasteiger partial charge in [0, 0.05) is 49.3 Å². The van der Waals surface area contributed by atoms with Crippen molar-refractivity contribution in [1.82, 2.24) is 20.2 Å². The van der Waals surface area contributed by atoms with E-state index >= 15 is 0 Å². The van der Waals surface area contributed by atoms with Crippen molar-refractivity contribution in [2.45, 2.75) is 50.5 Å². The number of fused-ring (bicyclic) bond motifs is 1. The fourth-order valence-corrected chi connectivity index (χ4v) is 5.12. The monoisotopic (exact) mass is 466 g/mol. The SMILES string of the molecule is CN1CCC[C@H]1COc1nc2c(c(N3CCN[C@@H](CC#N)C3)n1)COC(c1ccccc1F)C2. The third kappa shape index (κ3) is 4.85. The minimum atomic E-state index is -0.403. The summed E-state index contributed by atoms with van der Waals surface area (Å²) in [4.78, 5) is 14.1. The first-order chi connectivity index (χ1) is 16.6. The van der Waals surface area contributed by atoms with Crippen LogP contribution in [0.5, 0.6) is 6.01 Å². The van der Waals surface area contributed by atoms with Crippen LogP contribution < -0.4 is 15.0 Å². The maximum Gasteiger partial charge on any atom is 0.318 e. The molecule has 5 rings (SSSR count). The zero-order valence-electron chi connectivity index (χ0n) is 19.5. The molecule has 180 valence electrons. The van der Waals surface area contributed by atoms with Crippen molar-refractivity contribution in [2.75, 3.05) is 44.7 Å². The molecule has 8 nitrogen and oxygen atoms in total. The topological polar surface area (TPSA) is 86.5 Å². The molecule has 0 saturated carbocycles. The minimum Gasteiger partial charge on any atom is -0.462 e. The molecule has 9 heteroatoms. The number of nitriles is 1. The summed E-state index contributed by atoms with van der Waals surface area (Å²) in [5, 5.41) is 12.6. The molecule has 1 N–H and O–H groups in total. The number of hydrogen-bond donors (Lipinski definition) is 1. The molecule has 2 aromatic rings. The van der Waals surface area contributed by atoms with E-state index in [-0.39, 0.29) is 11.9 Å². The Morgan fingerprint density at radius 1 is 1.29 bits per heavy atom. The van der Waals surface area contributed by atoms with Gasteiger partial charge in [-0.05, 0) is 32.5 Å². The van der Waals surface area contributed by atoms with Gasteiger partial charge in [0.15, 0.2) is 0 Å². The molecule has 1 unspecified atom stereocenters. The van der Waals surface area contributed by atoms with Crippen LogP contribution >= 0.6 is 0 Å². The summed E-state index contributed by atoms with van der Waals surface area (Å²) in [6.07, 6.45) is 2.76. The van der Waals surface area contributed by atoms with Crippen LogP contribution in [0.1, 0.15) is 42.2 Å². The first kappa shape index (κ1) is 23.0. The van der Waals surface area contributed by atoms with E-state index in [2.05, 4.69) is 28.2 Å². The molecule has 0 aliphatic carbocycles. The number of nitrogens with zero attached hydrogens (tertiary/aromatic N) is 5. The maximum atomic E-state index is 14.5. The summed E-state index contributed by atoms with van der Waals surface area (Å²) in [6, 6.07) is 9.79. The molecule has 0 spiro atoms. The van der Waals surface area contributed by atoms with Crippen molar-refractivity contribution in [3.8, 4) is 12.1 Å². The first-order valence-electron chi connectivity index (χ1n) is 12.1. The van der Waals surface area contributed by atoms with Crippen LogP contribution in [0.3, 0.4) is 0 Å². The zero-order chi connectivity index (χ0) is 23.5. The van der Waals surface area contributed by atoms with Crippen LogP contribution in [0.4, 0.5) is 10.2 Å². The van der Waals surface area contributed by atoms with Crippen LogP contribution in [0.2, 0.25) is 0 Å². The van der Waals surface area contributed by atoms with Gasteiger partial charge in [0.2, 0.25) is 0 Å². The fourth-order valence-electron chi connectivity index (χ4n) is 5.12. The van der Waals surface area contributed by atoms with Gasteiger partial charge in [-0.25, -0.2) is 4.39 Å². The van der Waals surface area contributed by atoms with Crippen LogP contribution in [0.15, 0.2) is 24.3 Å². The van der Waals surface area contributed by atoms with E-state index in [4.69, 9.17) is 24.7 Å². The van der Waals surface area contributed by atoms with E-state index in [0.717, 1.165) is 43.1 Å². The molecular weight excluding hydrogens is 435 g/mol. The Labute approximate surface area is 199 Å². The van der Waals surface area contributed by atoms with E-state index in [1.807, 2.05) is 6.07 Å². The summed E-state index contributed by atoms with van der Waals surface area (Å²) in [5.74, 6) is 0.531. The lowest BCUT2D eigenvalue weighted by Crippen LogP contribution is -2.51. The first-order valence-corrected chi connectivity index (χ1v) is 12.1. The summed E-state index contributed by atoms with van der Waals surface area (Å²) in [5.41, 5.74) is 2.31. The van der Waals surface area contributed by atoms with Gasteiger partial charge in [-0.2, -0.15) is 15.2 Å². The van der Waals surface area contributed by atoms with Gasteiger partial charge < -0.3 is 24.6 Å². The van der Waals surface area contributed by atoms with Gasteiger partial charge in [-0.1, -0.05) is 18.2 Å². The molecule has 3 aliphatic heterocycles. The van der Waals surface area contributed by atoms with Gasteiger partial charge in [0.25, 0.3) is 0 Å². The van der Waals surface area contributed by atoms with Crippen molar-refractivity contribution in [1.29, 1.82) is 5.26 Å². The second kappa shape index (κ2) is 10.2. The molecule has 0 bridgehead atoms. The fraction of sp³-hybridized carbons (Fsp3) is 0.560. The van der Waals surface area contributed by atoms with E-state index in [0.29, 0.717) is 50.2 Å². The predicted octanol–water partition coefficient (Wildman–Crippen LogP) is 2.59. The molecule has 1 aromatic heterocycles. The van der Waals surface area contributed by atoms with Crippen molar-refractivity contribution in [3.63, 3.8) is 0 Å². The number of ether oxygens (including phenoxy) is 2. The number of likely N-dealkylation sites (N-methyl/N-ethyl adjacent to an activating group) is 1. The molecule has 4 heterocycles. The Morgan fingerprint density at radius 2 is 2.18 bits per heavy atom. The van der Waals surface area contributed by atoms with Crippen molar-refractivity contribution < 1.29 is 13.9 Å². The summed E-state index contributed by atoms with van der Waals surface area (Å²) in [6.45, 7) is 4.15. The smallest absolute Gasteiger partial charge is 0.318 e. The number of anilines is 1. The minimum absolute atomic E-state index is 0.0801. The lowest BCUT2D eigenvalue weighted by Gasteiger charge is -2.36. The number of likely N-dealkylation sites (tertiary alicyclic amines) is 1. The highest BCUT2D eigenvalue weighted by Crippen LogP contribution is 2.36. The molecule has 2 fully saturated rings. The summed E-state index contributed by atoms with van der Waals surface area (Å²) < 4.78 is 26.7. The van der Waals surface area contributed by atoms with Crippen LogP contribution in [0.25, 0.3) is 0 Å². The number of aromatic nitrogens is 2. The van der Waals surface area contributed by atoms with Gasteiger partial charge >= 0.3 is 6.01 Å². The molecule has 2 saturated heterocycles. The van der Waals surface area contributed by atoms with Gasteiger partial charge in [-0.3, -0.25) is 0 Å². The molecule has 34 heavy (non-hydrogen) atoms. The zero-order valence-corrected chi connectivity index (χ0v) is 19.5. The van der Waals surface area contributed by atoms with Gasteiger partial charge in [0.05, 0.1) is 30.9 Å². The summed E-state index contributed by atoms with van der Waals surface area (Å²) >= 11 is 0.